The van der Waals surface area contributed by atoms with Gasteiger partial charge in [0.15, 0.2) is 0 Å². The van der Waals surface area contributed by atoms with Gasteiger partial charge in [-0.05, 0) is 101 Å². The zero-order chi connectivity index (χ0) is 30.6. The van der Waals surface area contributed by atoms with Gasteiger partial charge in [-0.2, -0.15) is 0 Å². The van der Waals surface area contributed by atoms with Gasteiger partial charge in [-0.25, -0.2) is 0 Å². The van der Waals surface area contributed by atoms with Crippen LogP contribution in [0.15, 0.2) is 121 Å². The molecule has 0 fully saturated rings. The molecule has 2 nitrogen and oxygen atoms in total. The minimum Gasteiger partial charge on any atom is -0.260 e. The average Bonchev–Trinajstić information content (AvgIpc) is 3.32. The predicted molar refractivity (Wildman–Crippen MR) is 183 cm³/mol. The van der Waals surface area contributed by atoms with Gasteiger partial charge in [0.05, 0.1) is 17.1 Å². The summed E-state index contributed by atoms with van der Waals surface area (Å²) in [5.74, 6) is 0. The van der Waals surface area contributed by atoms with E-state index in [0.717, 1.165) is 22.6 Å². The Morgan fingerprint density at radius 1 is 0.568 bits per heavy atom. The van der Waals surface area contributed by atoms with Crippen LogP contribution in [0.25, 0.3) is 33.5 Å². The molecule has 216 valence electrons. The molecule has 1 aliphatic rings. The Labute approximate surface area is 261 Å². The van der Waals surface area contributed by atoms with Crippen molar-refractivity contribution in [1.29, 1.82) is 0 Å². The zero-order valence-electron chi connectivity index (χ0n) is 26.4. The number of aryl methyl sites for hydroxylation is 3. The van der Waals surface area contributed by atoms with Crippen molar-refractivity contribution in [2.24, 2.45) is 0 Å². The Morgan fingerprint density at radius 3 is 1.77 bits per heavy atom. The van der Waals surface area contributed by atoms with Gasteiger partial charge < -0.3 is 0 Å². The first-order valence-corrected chi connectivity index (χ1v) is 15.5. The molecule has 7 rings (SSSR count). The minimum absolute atomic E-state index is 0.0306. The van der Waals surface area contributed by atoms with E-state index < -0.39 is 5.41 Å². The van der Waals surface area contributed by atoms with Crippen LogP contribution in [0, 0.1) is 20.8 Å². The van der Waals surface area contributed by atoms with E-state index in [9.17, 15) is 0 Å². The lowest BCUT2D eigenvalue weighted by Gasteiger charge is -2.33. The van der Waals surface area contributed by atoms with Crippen LogP contribution in [-0.4, -0.2) is 9.97 Å². The Morgan fingerprint density at radius 2 is 1.16 bits per heavy atom. The van der Waals surface area contributed by atoms with Crippen LogP contribution in [-0.2, 0) is 10.8 Å². The largest absolute Gasteiger partial charge is 0.260 e. The summed E-state index contributed by atoms with van der Waals surface area (Å²) in [5.41, 5.74) is 15.8. The normalized spacial score (nSPS) is 13.4. The highest BCUT2D eigenvalue weighted by atomic mass is 14.8. The van der Waals surface area contributed by atoms with Crippen molar-refractivity contribution in [2.75, 3.05) is 0 Å². The van der Waals surface area contributed by atoms with Gasteiger partial charge in [0.25, 0.3) is 0 Å². The molecule has 0 spiro atoms. The highest BCUT2D eigenvalue weighted by Gasteiger charge is 2.49. The fourth-order valence-electron chi connectivity index (χ4n) is 7.28. The van der Waals surface area contributed by atoms with Crippen LogP contribution in [0.3, 0.4) is 0 Å². The van der Waals surface area contributed by atoms with Crippen LogP contribution in [0.2, 0.25) is 0 Å². The Kier molecular flexibility index (Phi) is 6.62. The van der Waals surface area contributed by atoms with Gasteiger partial charge in [0.1, 0.15) is 5.41 Å². The number of aromatic nitrogens is 2. The summed E-state index contributed by atoms with van der Waals surface area (Å²) >= 11 is 0. The maximum Gasteiger partial charge on any atom is 0.106 e. The molecule has 2 aromatic heterocycles. The molecule has 0 N–H and O–H groups in total. The fraction of sp³-hybridized carbons (Fsp3) is 0.190. The summed E-state index contributed by atoms with van der Waals surface area (Å²) in [6.45, 7) is 13.4. The van der Waals surface area contributed by atoms with Crippen molar-refractivity contribution in [3.8, 4) is 33.5 Å². The van der Waals surface area contributed by atoms with Gasteiger partial charge in [-0.3, -0.25) is 9.97 Å². The molecule has 0 aliphatic heterocycles. The second-order valence-electron chi connectivity index (χ2n) is 13.3. The summed E-state index contributed by atoms with van der Waals surface area (Å²) in [6, 6.07) is 41.9. The highest BCUT2D eigenvalue weighted by molar-refractivity contribution is 5.86. The molecule has 0 bridgehead atoms. The molecule has 0 saturated heterocycles. The molecule has 1 aliphatic carbocycles. The number of benzene rings is 4. The number of nitrogens with zero attached hydrogens (tertiary/aromatic N) is 2. The van der Waals surface area contributed by atoms with Gasteiger partial charge in [0, 0.05) is 11.8 Å². The molecule has 4 aromatic carbocycles. The van der Waals surface area contributed by atoms with E-state index in [1.165, 1.54) is 55.6 Å². The molecule has 0 amide bonds. The second-order valence-corrected chi connectivity index (χ2v) is 13.3. The number of hydrogen-bond donors (Lipinski definition) is 0. The Hall–Kier alpha value is -4.82. The van der Waals surface area contributed by atoms with Gasteiger partial charge in [0.2, 0.25) is 0 Å². The van der Waals surface area contributed by atoms with Gasteiger partial charge in [-0.1, -0.05) is 117 Å². The van der Waals surface area contributed by atoms with Crippen LogP contribution < -0.4 is 0 Å². The molecule has 0 saturated carbocycles. The third-order valence-electron chi connectivity index (χ3n) is 9.21. The van der Waals surface area contributed by atoms with Crippen molar-refractivity contribution in [3.63, 3.8) is 0 Å². The van der Waals surface area contributed by atoms with E-state index in [1.54, 1.807) is 0 Å². The molecule has 0 unspecified atom stereocenters. The van der Waals surface area contributed by atoms with Gasteiger partial charge >= 0.3 is 0 Å². The molecule has 2 heterocycles. The first-order valence-electron chi connectivity index (χ1n) is 15.5. The quantitative estimate of drug-likeness (QED) is 0.210. The van der Waals surface area contributed by atoms with E-state index in [-0.39, 0.29) is 5.41 Å². The lowest BCUT2D eigenvalue weighted by molar-refractivity contribution is 0.584. The molecule has 0 atom stereocenters. The molecule has 0 radical (unpaired) electrons. The summed E-state index contributed by atoms with van der Waals surface area (Å²) in [7, 11) is 0. The van der Waals surface area contributed by atoms with E-state index in [1.807, 2.05) is 6.20 Å². The first kappa shape index (κ1) is 28.0. The number of fused-ring (bicyclic) bond motifs is 3. The second kappa shape index (κ2) is 10.4. The van der Waals surface area contributed by atoms with Crippen molar-refractivity contribution in [2.45, 2.75) is 52.4 Å². The smallest absolute Gasteiger partial charge is 0.106 e. The van der Waals surface area contributed by atoms with Crippen LogP contribution in [0.4, 0.5) is 0 Å². The van der Waals surface area contributed by atoms with Crippen molar-refractivity contribution in [3.05, 3.63) is 166 Å². The third kappa shape index (κ3) is 4.40. The monoisotopic (exact) mass is 570 g/mol. The average molecular weight is 571 g/mol. The fourth-order valence-corrected chi connectivity index (χ4v) is 7.28. The lowest BCUT2D eigenvalue weighted by Crippen LogP contribution is -2.32. The zero-order valence-corrected chi connectivity index (χ0v) is 26.4. The van der Waals surface area contributed by atoms with Crippen LogP contribution in [0.5, 0.6) is 0 Å². The standard InChI is InChI=1S/C42H38N2/c1-27-22-28(2)40(29(3)23-27)31-24-37(30-14-8-7-9-15-30)44-39(25-31)42(38-26-32(20-21-43-38)41(4,5)6)35-18-12-10-16-33(35)34-17-11-13-19-36(34)42/h7-26H,1-6H3. The number of rotatable bonds is 4. The topological polar surface area (TPSA) is 25.8 Å². The van der Waals surface area contributed by atoms with E-state index in [2.05, 4.69) is 157 Å². The maximum absolute atomic E-state index is 5.59. The van der Waals surface area contributed by atoms with Crippen molar-refractivity contribution < 1.29 is 0 Å². The summed E-state index contributed by atoms with van der Waals surface area (Å²) < 4.78 is 0. The molecular weight excluding hydrogens is 532 g/mol. The molecular formula is C42H38N2. The number of hydrogen-bond acceptors (Lipinski definition) is 2. The van der Waals surface area contributed by atoms with E-state index in [0.29, 0.717) is 0 Å². The Balaban J connectivity index is 1.64. The Bertz CT molecular complexity index is 1960. The van der Waals surface area contributed by atoms with E-state index in [4.69, 9.17) is 9.97 Å². The molecule has 2 heteroatoms. The van der Waals surface area contributed by atoms with Crippen LogP contribution in [0.1, 0.15) is 65.5 Å². The first-order chi connectivity index (χ1) is 21.2. The molecule has 44 heavy (non-hydrogen) atoms. The summed E-state index contributed by atoms with van der Waals surface area (Å²) in [4.78, 5) is 10.8. The molecule has 6 aromatic rings. The predicted octanol–water partition coefficient (Wildman–Crippen LogP) is 10.4. The van der Waals surface area contributed by atoms with Crippen molar-refractivity contribution in [1.82, 2.24) is 9.97 Å². The van der Waals surface area contributed by atoms with Crippen LogP contribution >= 0.6 is 0 Å². The summed E-state index contributed by atoms with van der Waals surface area (Å²) in [6.07, 6.45) is 1.98. The third-order valence-corrected chi connectivity index (χ3v) is 9.21. The maximum atomic E-state index is 5.59. The SMILES string of the molecule is Cc1cc(C)c(-c2cc(-c3ccccc3)nc(C3(c4cc(C(C)(C)C)ccn4)c4ccccc4-c4ccccc43)c2)c(C)c1. The van der Waals surface area contributed by atoms with Crippen molar-refractivity contribution >= 4 is 0 Å². The lowest BCUT2D eigenvalue weighted by atomic mass is 9.70. The summed E-state index contributed by atoms with van der Waals surface area (Å²) in [5, 5.41) is 0. The van der Waals surface area contributed by atoms with E-state index >= 15 is 0 Å². The minimum atomic E-state index is -0.694. The number of pyridine rings is 2. The highest BCUT2D eigenvalue weighted by Crippen LogP contribution is 2.56. The van der Waals surface area contributed by atoms with Gasteiger partial charge in [-0.15, -0.1) is 0 Å².